The number of nitrogens with zero attached hydrogens (tertiary/aromatic N) is 1. The van der Waals surface area contributed by atoms with Crippen molar-refractivity contribution in [2.45, 2.75) is 41.2 Å². The van der Waals surface area contributed by atoms with Crippen LogP contribution in [0.3, 0.4) is 0 Å². The monoisotopic (exact) mass is 340 g/mol. The Bertz CT molecular complexity index is 392. The molecule has 1 aromatic rings. The zero-order chi connectivity index (χ0) is 15.1. The van der Waals surface area contributed by atoms with Crippen molar-refractivity contribution < 1.29 is 0 Å². The van der Waals surface area contributed by atoms with Gasteiger partial charge in [-0.05, 0) is 36.1 Å². The quantitative estimate of drug-likeness (QED) is 0.739. The van der Waals surface area contributed by atoms with Gasteiger partial charge >= 0.3 is 0 Å². The van der Waals surface area contributed by atoms with Crippen molar-refractivity contribution in [2.75, 3.05) is 24.5 Å². The van der Waals surface area contributed by atoms with Gasteiger partial charge in [-0.1, -0.05) is 56.6 Å². The molecule has 2 nitrogen and oxygen atoms in total. The predicted molar refractivity (Wildman–Crippen MR) is 93.4 cm³/mol. The second kappa shape index (κ2) is 8.68. The van der Waals surface area contributed by atoms with E-state index in [1.54, 1.807) is 0 Å². The molecule has 0 aromatic heterocycles. The first kappa shape index (κ1) is 17.5. The highest BCUT2D eigenvalue weighted by Crippen LogP contribution is 2.27. The van der Waals surface area contributed by atoms with Crippen LogP contribution in [0.2, 0.25) is 0 Å². The number of hydrogen-bond donors (Lipinski definition) is 1. The fourth-order valence-electron chi connectivity index (χ4n) is 2.39. The Morgan fingerprint density at radius 2 is 1.70 bits per heavy atom. The van der Waals surface area contributed by atoms with Crippen molar-refractivity contribution in [3.63, 3.8) is 0 Å². The van der Waals surface area contributed by atoms with E-state index >= 15 is 0 Å². The van der Waals surface area contributed by atoms with Crippen LogP contribution in [0.15, 0.2) is 22.7 Å². The summed E-state index contributed by atoms with van der Waals surface area (Å²) >= 11 is 3.62. The molecule has 0 amide bonds. The van der Waals surface area contributed by atoms with Crippen LogP contribution in [0.4, 0.5) is 5.69 Å². The van der Waals surface area contributed by atoms with Gasteiger partial charge in [0.15, 0.2) is 0 Å². The molecule has 0 saturated heterocycles. The minimum atomic E-state index is 0.666. The molecule has 0 bridgehead atoms. The average molecular weight is 341 g/mol. The molecule has 1 aromatic carbocycles. The highest BCUT2D eigenvalue weighted by atomic mass is 79.9. The SMILES string of the molecule is CCNCc1ccc(Br)cc1N(CC(C)C)CC(C)C. The minimum Gasteiger partial charge on any atom is -0.371 e. The number of rotatable bonds is 8. The smallest absolute Gasteiger partial charge is 0.0423 e. The lowest BCUT2D eigenvalue weighted by atomic mass is 10.1. The highest BCUT2D eigenvalue weighted by molar-refractivity contribution is 9.10. The van der Waals surface area contributed by atoms with Crippen LogP contribution in [0.5, 0.6) is 0 Å². The largest absolute Gasteiger partial charge is 0.371 e. The molecule has 1 rings (SSSR count). The standard InChI is InChI=1S/C17H29BrN2/c1-6-19-10-15-7-8-16(18)9-17(15)20(11-13(2)3)12-14(4)5/h7-9,13-14,19H,6,10-12H2,1-5H3. The fraction of sp³-hybridized carbons (Fsp3) is 0.647. The van der Waals surface area contributed by atoms with E-state index in [2.05, 4.69) is 79.0 Å². The van der Waals surface area contributed by atoms with Crippen molar-refractivity contribution in [1.82, 2.24) is 5.32 Å². The molecule has 0 aliphatic heterocycles. The van der Waals surface area contributed by atoms with E-state index in [0.29, 0.717) is 11.8 Å². The molecule has 0 radical (unpaired) electrons. The normalized spacial score (nSPS) is 11.4. The second-order valence-electron chi connectivity index (χ2n) is 6.25. The van der Waals surface area contributed by atoms with Crippen LogP contribution >= 0.6 is 15.9 Å². The first-order valence-corrected chi connectivity index (χ1v) is 8.47. The highest BCUT2D eigenvalue weighted by Gasteiger charge is 2.14. The summed E-state index contributed by atoms with van der Waals surface area (Å²) in [6.45, 7) is 15.4. The lowest BCUT2D eigenvalue weighted by Crippen LogP contribution is -2.32. The second-order valence-corrected chi connectivity index (χ2v) is 7.16. The molecule has 1 N–H and O–H groups in total. The summed E-state index contributed by atoms with van der Waals surface area (Å²) < 4.78 is 1.16. The molecule has 114 valence electrons. The van der Waals surface area contributed by atoms with Crippen LogP contribution < -0.4 is 10.2 Å². The van der Waals surface area contributed by atoms with Crippen molar-refractivity contribution >= 4 is 21.6 Å². The topological polar surface area (TPSA) is 15.3 Å². The van der Waals surface area contributed by atoms with E-state index in [-0.39, 0.29) is 0 Å². The van der Waals surface area contributed by atoms with Gasteiger partial charge in [0, 0.05) is 29.8 Å². The maximum atomic E-state index is 3.62. The molecular weight excluding hydrogens is 312 g/mol. The molecule has 3 heteroatoms. The zero-order valence-corrected chi connectivity index (χ0v) is 15.1. The number of benzene rings is 1. The van der Waals surface area contributed by atoms with Gasteiger partial charge in [-0.25, -0.2) is 0 Å². The molecule has 20 heavy (non-hydrogen) atoms. The summed E-state index contributed by atoms with van der Waals surface area (Å²) in [7, 11) is 0. The van der Waals surface area contributed by atoms with Crippen molar-refractivity contribution in [3.05, 3.63) is 28.2 Å². The summed E-state index contributed by atoms with van der Waals surface area (Å²) in [5.41, 5.74) is 2.75. The fourth-order valence-corrected chi connectivity index (χ4v) is 2.74. The Labute approximate surface area is 133 Å². The van der Waals surface area contributed by atoms with E-state index in [1.165, 1.54) is 11.3 Å². The zero-order valence-electron chi connectivity index (χ0n) is 13.5. The predicted octanol–water partition coefficient (Wildman–Crippen LogP) is 4.68. The molecule has 0 aliphatic rings. The van der Waals surface area contributed by atoms with E-state index in [4.69, 9.17) is 0 Å². The van der Waals surface area contributed by atoms with Crippen LogP contribution in [-0.4, -0.2) is 19.6 Å². The van der Waals surface area contributed by atoms with Gasteiger partial charge in [-0.2, -0.15) is 0 Å². The lowest BCUT2D eigenvalue weighted by molar-refractivity contribution is 0.550. The molecule has 0 unspecified atom stereocenters. The summed E-state index contributed by atoms with van der Waals surface area (Å²) in [6.07, 6.45) is 0. The third kappa shape index (κ3) is 5.84. The molecule has 0 heterocycles. The maximum Gasteiger partial charge on any atom is 0.0423 e. The van der Waals surface area contributed by atoms with Crippen LogP contribution in [-0.2, 0) is 6.54 Å². The molecule has 0 aliphatic carbocycles. The van der Waals surface area contributed by atoms with Crippen molar-refractivity contribution in [3.8, 4) is 0 Å². The Balaban J connectivity index is 3.04. The van der Waals surface area contributed by atoms with Gasteiger partial charge in [0.2, 0.25) is 0 Å². The van der Waals surface area contributed by atoms with E-state index < -0.39 is 0 Å². The van der Waals surface area contributed by atoms with Crippen LogP contribution in [0.25, 0.3) is 0 Å². The van der Waals surface area contributed by atoms with Crippen molar-refractivity contribution in [1.29, 1.82) is 0 Å². The van der Waals surface area contributed by atoms with Gasteiger partial charge in [-0.15, -0.1) is 0 Å². The summed E-state index contributed by atoms with van der Waals surface area (Å²) in [4.78, 5) is 2.53. The molecule has 0 spiro atoms. The third-order valence-corrected chi connectivity index (χ3v) is 3.62. The summed E-state index contributed by atoms with van der Waals surface area (Å²) in [5.74, 6) is 1.33. The van der Waals surface area contributed by atoms with E-state index in [0.717, 1.165) is 30.7 Å². The summed E-state index contributed by atoms with van der Waals surface area (Å²) in [6, 6.07) is 6.63. The number of anilines is 1. The molecule has 0 fully saturated rings. The molecule has 0 saturated carbocycles. The Morgan fingerprint density at radius 1 is 1.10 bits per heavy atom. The van der Waals surface area contributed by atoms with Gasteiger partial charge in [0.1, 0.15) is 0 Å². The van der Waals surface area contributed by atoms with Crippen molar-refractivity contribution in [2.24, 2.45) is 11.8 Å². The maximum absolute atomic E-state index is 3.62. The van der Waals surface area contributed by atoms with E-state index in [1.807, 2.05) is 0 Å². The number of halogens is 1. The van der Waals surface area contributed by atoms with Gasteiger partial charge in [0.05, 0.1) is 0 Å². The molecular formula is C17H29BrN2. The van der Waals surface area contributed by atoms with Gasteiger partial charge in [-0.3, -0.25) is 0 Å². The van der Waals surface area contributed by atoms with E-state index in [9.17, 15) is 0 Å². The van der Waals surface area contributed by atoms with Crippen LogP contribution in [0.1, 0.15) is 40.2 Å². The van der Waals surface area contributed by atoms with Gasteiger partial charge < -0.3 is 10.2 Å². The van der Waals surface area contributed by atoms with Crippen LogP contribution in [0, 0.1) is 11.8 Å². The number of hydrogen-bond acceptors (Lipinski definition) is 2. The average Bonchev–Trinajstić information content (AvgIpc) is 2.35. The lowest BCUT2D eigenvalue weighted by Gasteiger charge is -2.30. The first-order chi connectivity index (χ1) is 9.43. The Morgan fingerprint density at radius 3 is 2.20 bits per heavy atom. The summed E-state index contributed by atoms with van der Waals surface area (Å²) in [5, 5.41) is 3.44. The Kier molecular flexibility index (Phi) is 7.60. The third-order valence-electron chi connectivity index (χ3n) is 3.12. The Hall–Kier alpha value is -0.540. The first-order valence-electron chi connectivity index (χ1n) is 7.68. The minimum absolute atomic E-state index is 0.666. The molecule has 0 atom stereocenters. The number of nitrogens with one attached hydrogen (secondary N) is 1. The van der Waals surface area contributed by atoms with Gasteiger partial charge in [0.25, 0.3) is 0 Å².